The number of aromatic nitrogens is 3. The summed E-state index contributed by atoms with van der Waals surface area (Å²) in [5, 5.41) is 12.4. The highest BCUT2D eigenvalue weighted by Gasteiger charge is 2.35. The van der Waals surface area contributed by atoms with Crippen LogP contribution < -0.4 is 0 Å². The number of hydrogen-bond acceptors (Lipinski definition) is 6. The van der Waals surface area contributed by atoms with E-state index in [4.69, 9.17) is 0 Å². The number of carbonyl (C=O) groups excluding carboxylic acids is 1. The Bertz CT molecular complexity index is 923. The number of sulfonamides is 1. The van der Waals surface area contributed by atoms with Gasteiger partial charge in [-0.15, -0.1) is 10.2 Å². The van der Waals surface area contributed by atoms with E-state index < -0.39 is 10.0 Å². The lowest BCUT2D eigenvalue weighted by molar-refractivity contribution is 0.0759. The van der Waals surface area contributed by atoms with Crippen molar-refractivity contribution in [1.82, 2.24) is 24.0 Å². The Morgan fingerprint density at radius 1 is 1.19 bits per heavy atom. The number of rotatable bonds is 3. The van der Waals surface area contributed by atoms with Gasteiger partial charge in [-0.05, 0) is 24.3 Å². The predicted molar refractivity (Wildman–Crippen MR) is 102 cm³/mol. The second kappa shape index (κ2) is 7.33. The van der Waals surface area contributed by atoms with Crippen molar-refractivity contribution in [2.24, 2.45) is 0 Å². The first kappa shape index (κ1) is 18.6. The normalized spacial score (nSPS) is 21.7. The van der Waals surface area contributed by atoms with E-state index in [0.717, 1.165) is 25.1 Å². The van der Waals surface area contributed by atoms with Crippen LogP contribution in [0, 0.1) is 0 Å². The molecule has 1 saturated heterocycles. The third-order valence-electron chi connectivity index (χ3n) is 5.29. The molecular formula is C17H23N5O3S2. The second-order valence-corrected chi connectivity index (χ2v) is 9.78. The van der Waals surface area contributed by atoms with E-state index in [2.05, 4.69) is 10.2 Å². The van der Waals surface area contributed by atoms with Crippen molar-refractivity contribution in [3.63, 3.8) is 0 Å². The van der Waals surface area contributed by atoms with E-state index in [1.165, 1.54) is 17.6 Å². The predicted octanol–water partition coefficient (Wildman–Crippen LogP) is 1.52. The van der Waals surface area contributed by atoms with Gasteiger partial charge in [0.25, 0.3) is 5.91 Å². The molecule has 4 rings (SSSR count). The summed E-state index contributed by atoms with van der Waals surface area (Å²) < 4.78 is 28.0. The summed E-state index contributed by atoms with van der Waals surface area (Å²) in [5.41, 5.74) is 0.716. The summed E-state index contributed by atoms with van der Waals surface area (Å²) in [6.45, 7) is 2.27. The Balaban J connectivity index is 1.57. The minimum atomic E-state index is -3.30. The third kappa shape index (κ3) is 3.65. The molecule has 1 fully saturated rings. The topological polar surface area (TPSA) is 88.4 Å². The molecule has 0 aromatic carbocycles. The average Bonchev–Trinajstić information content (AvgIpc) is 3.27. The molecule has 10 heteroatoms. The van der Waals surface area contributed by atoms with Crippen molar-refractivity contribution in [3.05, 3.63) is 34.0 Å². The fourth-order valence-electron chi connectivity index (χ4n) is 3.92. The van der Waals surface area contributed by atoms with Crippen LogP contribution >= 0.6 is 11.3 Å². The van der Waals surface area contributed by atoms with Gasteiger partial charge in [-0.3, -0.25) is 4.79 Å². The number of thiophene rings is 1. The maximum Gasteiger partial charge on any atom is 0.254 e. The summed E-state index contributed by atoms with van der Waals surface area (Å²) in [5.74, 6) is 1.57. The molecule has 0 spiro atoms. The van der Waals surface area contributed by atoms with E-state index in [1.54, 1.807) is 4.31 Å². The zero-order valence-electron chi connectivity index (χ0n) is 15.2. The SMILES string of the molecule is CS(=O)(=O)N1CCCCC1c1nnc2n1CCN(C(=O)c1ccsc1)CC2. The molecule has 0 radical (unpaired) electrons. The first-order chi connectivity index (χ1) is 12.9. The van der Waals surface area contributed by atoms with Gasteiger partial charge >= 0.3 is 0 Å². The molecule has 2 aromatic heterocycles. The molecule has 0 bridgehead atoms. The van der Waals surface area contributed by atoms with Crippen LogP contribution in [0.15, 0.2) is 16.8 Å². The fourth-order valence-corrected chi connectivity index (χ4v) is 5.68. The quantitative estimate of drug-likeness (QED) is 0.767. The van der Waals surface area contributed by atoms with E-state index in [1.807, 2.05) is 26.3 Å². The van der Waals surface area contributed by atoms with Gasteiger partial charge in [-0.2, -0.15) is 15.6 Å². The molecule has 2 aromatic rings. The molecule has 146 valence electrons. The van der Waals surface area contributed by atoms with Crippen LogP contribution in [0.3, 0.4) is 0 Å². The van der Waals surface area contributed by atoms with Gasteiger partial charge in [0.2, 0.25) is 10.0 Å². The van der Waals surface area contributed by atoms with Gasteiger partial charge in [-0.1, -0.05) is 6.42 Å². The molecule has 4 heterocycles. The lowest BCUT2D eigenvalue weighted by Gasteiger charge is -2.33. The van der Waals surface area contributed by atoms with Crippen LogP contribution in [-0.4, -0.2) is 64.2 Å². The van der Waals surface area contributed by atoms with Gasteiger partial charge in [0, 0.05) is 38.0 Å². The first-order valence-electron chi connectivity index (χ1n) is 9.15. The molecule has 8 nitrogen and oxygen atoms in total. The Kier molecular flexibility index (Phi) is 5.04. The molecule has 1 amide bonds. The highest BCUT2D eigenvalue weighted by atomic mass is 32.2. The van der Waals surface area contributed by atoms with Gasteiger partial charge in [0.15, 0.2) is 5.82 Å². The van der Waals surface area contributed by atoms with Crippen molar-refractivity contribution in [2.75, 3.05) is 25.9 Å². The van der Waals surface area contributed by atoms with E-state index in [9.17, 15) is 13.2 Å². The summed E-state index contributed by atoms with van der Waals surface area (Å²) in [6.07, 6.45) is 4.47. The van der Waals surface area contributed by atoms with Crippen molar-refractivity contribution < 1.29 is 13.2 Å². The van der Waals surface area contributed by atoms with E-state index in [0.29, 0.717) is 44.0 Å². The van der Waals surface area contributed by atoms with Crippen LogP contribution in [0.5, 0.6) is 0 Å². The monoisotopic (exact) mass is 409 g/mol. The molecule has 0 saturated carbocycles. The Morgan fingerprint density at radius 2 is 2.04 bits per heavy atom. The summed E-state index contributed by atoms with van der Waals surface area (Å²) in [7, 11) is -3.30. The van der Waals surface area contributed by atoms with Gasteiger partial charge in [0.05, 0.1) is 17.9 Å². The standard InChI is InChI=1S/C17H23N5O3S2/c1-27(24,25)22-7-3-2-4-14(22)16-19-18-15-5-8-20(9-10-21(15)16)17(23)13-6-11-26-12-13/h6,11-12,14H,2-5,7-10H2,1H3. The Labute approximate surface area is 162 Å². The van der Waals surface area contributed by atoms with E-state index >= 15 is 0 Å². The van der Waals surface area contributed by atoms with Gasteiger partial charge in [0.1, 0.15) is 5.82 Å². The number of carbonyl (C=O) groups is 1. The van der Waals surface area contributed by atoms with Crippen LogP contribution in [-0.2, 0) is 23.0 Å². The minimum Gasteiger partial charge on any atom is -0.336 e. The van der Waals surface area contributed by atoms with Crippen molar-refractivity contribution in [2.45, 2.75) is 38.3 Å². The number of hydrogen-bond donors (Lipinski definition) is 0. The van der Waals surface area contributed by atoms with Crippen molar-refractivity contribution in [3.8, 4) is 0 Å². The average molecular weight is 410 g/mol. The molecule has 1 unspecified atom stereocenters. The van der Waals surface area contributed by atoms with Crippen LogP contribution in [0.1, 0.15) is 47.3 Å². The molecule has 0 N–H and O–H groups in total. The van der Waals surface area contributed by atoms with Crippen LogP contribution in [0.4, 0.5) is 0 Å². The lowest BCUT2D eigenvalue weighted by atomic mass is 10.0. The number of piperidine rings is 1. The number of fused-ring (bicyclic) bond motifs is 1. The van der Waals surface area contributed by atoms with Crippen molar-refractivity contribution >= 4 is 27.3 Å². The van der Waals surface area contributed by atoms with Gasteiger partial charge < -0.3 is 9.47 Å². The maximum absolute atomic E-state index is 12.7. The largest absolute Gasteiger partial charge is 0.336 e. The van der Waals surface area contributed by atoms with E-state index in [-0.39, 0.29) is 11.9 Å². The molecular weight excluding hydrogens is 386 g/mol. The lowest BCUT2D eigenvalue weighted by Crippen LogP contribution is -2.39. The number of nitrogens with zero attached hydrogens (tertiary/aromatic N) is 5. The fraction of sp³-hybridized carbons (Fsp3) is 0.588. The molecule has 27 heavy (non-hydrogen) atoms. The Hall–Kier alpha value is -1.78. The van der Waals surface area contributed by atoms with Crippen LogP contribution in [0.2, 0.25) is 0 Å². The summed E-state index contributed by atoms with van der Waals surface area (Å²) >= 11 is 1.51. The van der Waals surface area contributed by atoms with Gasteiger partial charge in [-0.25, -0.2) is 8.42 Å². The summed E-state index contributed by atoms with van der Waals surface area (Å²) in [4.78, 5) is 14.5. The molecule has 0 aliphatic carbocycles. The van der Waals surface area contributed by atoms with Crippen LogP contribution in [0.25, 0.3) is 0 Å². The smallest absolute Gasteiger partial charge is 0.254 e. The van der Waals surface area contributed by atoms with Crippen molar-refractivity contribution in [1.29, 1.82) is 0 Å². The molecule has 2 aliphatic rings. The maximum atomic E-state index is 12.7. The second-order valence-electron chi connectivity index (χ2n) is 7.07. The summed E-state index contributed by atoms with van der Waals surface area (Å²) in [6, 6.07) is 1.57. The zero-order chi connectivity index (χ0) is 19.0. The number of amides is 1. The zero-order valence-corrected chi connectivity index (χ0v) is 16.9. The first-order valence-corrected chi connectivity index (χ1v) is 11.9. The highest BCUT2D eigenvalue weighted by molar-refractivity contribution is 7.88. The molecule has 2 aliphatic heterocycles. The Morgan fingerprint density at radius 3 is 2.78 bits per heavy atom. The third-order valence-corrected chi connectivity index (χ3v) is 7.26. The highest BCUT2D eigenvalue weighted by Crippen LogP contribution is 2.32. The minimum absolute atomic E-state index is 0.0342. The molecule has 1 atom stereocenters.